The standard InChI is InChI=1S/C25H31BrN4O7S/c1-17(25(32)27-20-9-4-5-10-20)28(15-18-7-6-8-19(26)13-18)24(31)16-29(38(3,35)36)22-14-21(30(33)34)11-12-23(22)37-2/h6-8,11-14,17,20H,4-5,9-10,15-16H2,1-3H3,(H,27,32)/t17-/m1/s1. The van der Waals surface area contributed by atoms with E-state index in [1.54, 1.807) is 25.1 Å². The SMILES string of the molecule is COc1ccc([N+](=O)[O-])cc1N(CC(=O)N(Cc1cccc(Br)c1)[C@H](C)C(=O)NC1CCCC1)S(C)(=O)=O. The van der Waals surface area contributed by atoms with Crippen molar-refractivity contribution in [1.82, 2.24) is 10.2 Å². The number of ether oxygens (including phenoxy) is 1. The molecule has 38 heavy (non-hydrogen) atoms. The van der Waals surface area contributed by atoms with Crippen molar-refractivity contribution in [2.45, 2.75) is 51.2 Å². The molecule has 11 nitrogen and oxygen atoms in total. The second kappa shape index (κ2) is 12.6. The molecule has 0 unspecified atom stereocenters. The van der Waals surface area contributed by atoms with Crippen molar-refractivity contribution in [3.05, 3.63) is 62.6 Å². The number of amides is 2. The molecule has 13 heteroatoms. The van der Waals surface area contributed by atoms with Crippen LogP contribution in [0.2, 0.25) is 0 Å². The monoisotopic (exact) mass is 610 g/mol. The molecule has 1 fully saturated rings. The molecular formula is C25H31BrN4O7S. The number of anilines is 1. The van der Waals surface area contributed by atoms with Gasteiger partial charge in [-0.15, -0.1) is 0 Å². The predicted molar refractivity (Wildman–Crippen MR) is 146 cm³/mol. The fraction of sp³-hybridized carbons (Fsp3) is 0.440. The fourth-order valence-electron chi connectivity index (χ4n) is 4.39. The van der Waals surface area contributed by atoms with Crippen molar-refractivity contribution in [2.75, 3.05) is 24.2 Å². The number of nitrogens with one attached hydrogen (secondary N) is 1. The van der Waals surface area contributed by atoms with E-state index >= 15 is 0 Å². The van der Waals surface area contributed by atoms with E-state index in [9.17, 15) is 28.1 Å². The highest BCUT2D eigenvalue weighted by Gasteiger charge is 2.33. The summed E-state index contributed by atoms with van der Waals surface area (Å²) < 4.78 is 32.4. The Kier molecular flexibility index (Phi) is 9.71. The number of benzene rings is 2. The number of nitro groups is 1. The first-order chi connectivity index (χ1) is 17.9. The largest absolute Gasteiger partial charge is 0.495 e. The number of nitro benzene ring substituents is 1. The Morgan fingerprint density at radius 3 is 2.47 bits per heavy atom. The smallest absolute Gasteiger partial charge is 0.271 e. The zero-order valence-electron chi connectivity index (χ0n) is 21.4. The van der Waals surface area contributed by atoms with E-state index in [1.807, 2.05) is 6.07 Å². The molecule has 1 aliphatic rings. The van der Waals surface area contributed by atoms with Gasteiger partial charge in [0.25, 0.3) is 5.69 Å². The van der Waals surface area contributed by atoms with Crippen LogP contribution >= 0.6 is 15.9 Å². The van der Waals surface area contributed by atoms with Gasteiger partial charge in [-0.25, -0.2) is 8.42 Å². The van der Waals surface area contributed by atoms with Crippen molar-refractivity contribution < 1.29 is 27.7 Å². The van der Waals surface area contributed by atoms with Gasteiger partial charge in [0.05, 0.1) is 18.3 Å². The molecule has 1 atom stereocenters. The van der Waals surface area contributed by atoms with E-state index in [2.05, 4.69) is 21.2 Å². The zero-order chi connectivity index (χ0) is 28.0. The average molecular weight is 612 g/mol. The third-order valence-corrected chi connectivity index (χ3v) is 8.05. The molecule has 206 valence electrons. The first kappa shape index (κ1) is 29.4. The topological polar surface area (TPSA) is 139 Å². The number of hydrogen-bond acceptors (Lipinski definition) is 7. The van der Waals surface area contributed by atoms with Gasteiger partial charge in [-0.3, -0.25) is 24.0 Å². The lowest BCUT2D eigenvalue weighted by Gasteiger charge is -2.32. The summed E-state index contributed by atoms with van der Waals surface area (Å²) >= 11 is 3.41. The molecule has 0 aromatic heterocycles. The molecule has 0 radical (unpaired) electrons. The van der Waals surface area contributed by atoms with Gasteiger partial charge in [-0.2, -0.15) is 0 Å². The minimum atomic E-state index is -4.09. The van der Waals surface area contributed by atoms with Gasteiger partial charge >= 0.3 is 0 Å². The van der Waals surface area contributed by atoms with Crippen LogP contribution in [0.25, 0.3) is 0 Å². The van der Waals surface area contributed by atoms with Gasteiger partial charge in [-0.05, 0) is 43.5 Å². The maximum atomic E-state index is 13.7. The number of sulfonamides is 1. The molecule has 0 saturated heterocycles. The Balaban J connectivity index is 1.97. The van der Waals surface area contributed by atoms with E-state index < -0.39 is 33.4 Å². The van der Waals surface area contributed by atoms with Crippen LogP contribution < -0.4 is 14.4 Å². The Morgan fingerprint density at radius 1 is 1.21 bits per heavy atom. The summed E-state index contributed by atoms with van der Waals surface area (Å²) in [6.07, 6.45) is 4.68. The Bertz CT molecular complexity index is 1300. The maximum Gasteiger partial charge on any atom is 0.271 e. The van der Waals surface area contributed by atoms with Crippen molar-refractivity contribution >= 4 is 49.1 Å². The molecule has 2 aromatic rings. The van der Waals surface area contributed by atoms with Crippen molar-refractivity contribution in [3.63, 3.8) is 0 Å². The minimum Gasteiger partial charge on any atom is -0.495 e. The van der Waals surface area contributed by atoms with Gasteiger partial charge < -0.3 is 15.0 Å². The van der Waals surface area contributed by atoms with Crippen molar-refractivity contribution in [2.24, 2.45) is 0 Å². The summed E-state index contributed by atoms with van der Waals surface area (Å²) in [5.74, 6) is -0.948. The third-order valence-electron chi connectivity index (χ3n) is 6.43. The molecular weight excluding hydrogens is 580 g/mol. The second-order valence-electron chi connectivity index (χ2n) is 9.20. The van der Waals surface area contributed by atoms with Crippen LogP contribution in [-0.4, -0.2) is 62.0 Å². The molecule has 0 bridgehead atoms. The van der Waals surface area contributed by atoms with E-state index in [0.717, 1.165) is 52.3 Å². The summed E-state index contributed by atoms with van der Waals surface area (Å²) in [6.45, 7) is 0.950. The number of hydrogen-bond donors (Lipinski definition) is 1. The molecule has 2 aromatic carbocycles. The number of carbonyl (C=O) groups is 2. The molecule has 1 N–H and O–H groups in total. The molecule has 0 spiro atoms. The Labute approximate surface area is 230 Å². The Morgan fingerprint density at radius 2 is 1.89 bits per heavy atom. The summed E-state index contributed by atoms with van der Waals surface area (Å²) in [5, 5.41) is 14.4. The summed E-state index contributed by atoms with van der Waals surface area (Å²) in [5.41, 5.74) is 0.215. The first-order valence-corrected chi connectivity index (χ1v) is 14.7. The van der Waals surface area contributed by atoms with Crippen LogP contribution in [-0.2, 0) is 26.2 Å². The lowest BCUT2D eigenvalue weighted by Crippen LogP contribution is -2.52. The molecule has 0 aliphatic heterocycles. The summed E-state index contributed by atoms with van der Waals surface area (Å²) in [7, 11) is -2.80. The highest BCUT2D eigenvalue weighted by molar-refractivity contribution is 9.10. The third kappa shape index (κ3) is 7.44. The maximum absolute atomic E-state index is 13.7. The van der Waals surface area contributed by atoms with Crippen LogP contribution in [0.4, 0.5) is 11.4 Å². The van der Waals surface area contributed by atoms with Crippen molar-refractivity contribution in [3.8, 4) is 5.75 Å². The first-order valence-electron chi connectivity index (χ1n) is 12.0. The molecule has 0 heterocycles. The van der Waals surface area contributed by atoms with E-state index in [-0.39, 0.29) is 35.6 Å². The number of nitrogens with zero attached hydrogens (tertiary/aromatic N) is 3. The number of carbonyl (C=O) groups excluding carboxylic acids is 2. The molecule has 1 saturated carbocycles. The number of rotatable bonds is 11. The highest BCUT2D eigenvalue weighted by atomic mass is 79.9. The highest BCUT2D eigenvalue weighted by Crippen LogP contribution is 2.34. The normalized spacial score (nSPS) is 14.5. The number of non-ortho nitro benzene ring substituents is 1. The second-order valence-corrected chi connectivity index (χ2v) is 12.0. The fourth-order valence-corrected chi connectivity index (χ4v) is 5.68. The van der Waals surface area contributed by atoms with Gasteiger partial charge in [-0.1, -0.05) is 40.9 Å². The molecule has 2 amide bonds. The molecule has 1 aliphatic carbocycles. The number of halogens is 1. The summed E-state index contributed by atoms with van der Waals surface area (Å²) in [4.78, 5) is 38.9. The van der Waals surface area contributed by atoms with Gasteiger partial charge in [0, 0.05) is 29.2 Å². The zero-order valence-corrected chi connectivity index (χ0v) is 23.8. The van der Waals surface area contributed by atoms with Crippen LogP contribution in [0.1, 0.15) is 38.2 Å². The van der Waals surface area contributed by atoms with Crippen LogP contribution in [0.3, 0.4) is 0 Å². The predicted octanol–water partition coefficient (Wildman–Crippen LogP) is 3.61. The quantitative estimate of drug-likeness (QED) is 0.303. The summed E-state index contributed by atoms with van der Waals surface area (Å²) in [6, 6.07) is 9.84. The molecule has 3 rings (SSSR count). The average Bonchev–Trinajstić information content (AvgIpc) is 3.37. The van der Waals surface area contributed by atoms with E-state index in [0.29, 0.717) is 0 Å². The van der Waals surface area contributed by atoms with Crippen LogP contribution in [0.5, 0.6) is 5.75 Å². The van der Waals surface area contributed by atoms with E-state index in [1.165, 1.54) is 24.1 Å². The minimum absolute atomic E-state index is 0.0365. The van der Waals surface area contributed by atoms with Gasteiger partial charge in [0.2, 0.25) is 21.8 Å². The van der Waals surface area contributed by atoms with E-state index in [4.69, 9.17) is 4.74 Å². The van der Waals surface area contributed by atoms with Crippen LogP contribution in [0.15, 0.2) is 46.9 Å². The van der Waals surface area contributed by atoms with Gasteiger partial charge in [0.15, 0.2) is 0 Å². The van der Waals surface area contributed by atoms with Crippen LogP contribution in [0, 0.1) is 10.1 Å². The Hall–Kier alpha value is -3.19. The number of methoxy groups -OCH3 is 1. The van der Waals surface area contributed by atoms with Crippen molar-refractivity contribution in [1.29, 1.82) is 0 Å². The lowest BCUT2D eigenvalue weighted by atomic mass is 10.1. The lowest BCUT2D eigenvalue weighted by molar-refractivity contribution is -0.384. The van der Waals surface area contributed by atoms with Gasteiger partial charge in [0.1, 0.15) is 24.0 Å².